The van der Waals surface area contributed by atoms with Crippen molar-refractivity contribution in [2.24, 2.45) is 0 Å². The molecule has 0 fully saturated rings. The van der Waals surface area contributed by atoms with Crippen molar-refractivity contribution in [2.75, 3.05) is 11.9 Å². The SMILES string of the molecule is Cc1cc2c(NCCCc3ccc(-c4ccc(OC(F)(F)F)cc4)cc3)nc(SC(F)(F)F)nc2s1. The van der Waals surface area contributed by atoms with Gasteiger partial charge in [0.1, 0.15) is 16.4 Å². The average Bonchev–Trinajstić information content (AvgIpc) is 3.15. The van der Waals surface area contributed by atoms with Crippen LogP contribution in [0.3, 0.4) is 0 Å². The van der Waals surface area contributed by atoms with Crippen LogP contribution in [0.1, 0.15) is 16.9 Å². The van der Waals surface area contributed by atoms with Gasteiger partial charge in [0.25, 0.3) is 0 Å². The molecule has 0 saturated carbocycles. The Hall–Kier alpha value is -2.99. The second-order valence-electron chi connectivity index (χ2n) is 7.78. The molecule has 190 valence electrons. The Balaban J connectivity index is 1.35. The molecule has 12 heteroatoms. The summed E-state index contributed by atoms with van der Waals surface area (Å²) >= 11 is 0.981. The lowest BCUT2D eigenvalue weighted by Gasteiger charge is -2.10. The first-order valence-electron chi connectivity index (χ1n) is 10.7. The van der Waals surface area contributed by atoms with E-state index in [-0.39, 0.29) is 22.7 Å². The molecule has 4 nitrogen and oxygen atoms in total. The summed E-state index contributed by atoms with van der Waals surface area (Å²) in [5, 5.41) is 3.49. The van der Waals surface area contributed by atoms with E-state index in [0.717, 1.165) is 21.6 Å². The number of rotatable bonds is 8. The fourth-order valence-electron chi connectivity index (χ4n) is 3.52. The standard InChI is InChI=1S/C24H19F6N3OS2/c1-14-13-19-20(32-22(33-21(19)35-14)36-24(28,29)30)31-12-2-3-15-4-6-16(7-5-15)17-8-10-18(11-9-17)34-23(25,26)27/h4-11,13H,2-3,12H2,1H3,(H,31,32,33). The zero-order chi connectivity index (χ0) is 25.9. The predicted octanol–water partition coefficient (Wildman–Crippen LogP) is 8.22. The van der Waals surface area contributed by atoms with Crippen molar-refractivity contribution in [1.29, 1.82) is 0 Å². The molecule has 0 saturated heterocycles. The van der Waals surface area contributed by atoms with Gasteiger partial charge in [-0.05, 0) is 54.7 Å². The van der Waals surface area contributed by atoms with Crippen LogP contribution in [0, 0.1) is 6.92 Å². The summed E-state index contributed by atoms with van der Waals surface area (Å²) in [6.45, 7) is 2.36. The van der Waals surface area contributed by atoms with Crippen LogP contribution in [-0.4, -0.2) is 28.4 Å². The second-order valence-corrected chi connectivity index (χ2v) is 10.0. The molecule has 0 aliphatic rings. The number of hydrogen-bond donors (Lipinski definition) is 1. The van der Waals surface area contributed by atoms with Crippen molar-refractivity contribution in [2.45, 2.75) is 36.8 Å². The van der Waals surface area contributed by atoms with Crippen LogP contribution < -0.4 is 10.1 Å². The van der Waals surface area contributed by atoms with Gasteiger partial charge in [0.15, 0.2) is 5.16 Å². The Morgan fingerprint density at radius 3 is 2.17 bits per heavy atom. The number of thioether (sulfide) groups is 1. The number of benzene rings is 2. The number of alkyl halides is 6. The molecule has 1 N–H and O–H groups in total. The van der Waals surface area contributed by atoms with Gasteiger partial charge in [0, 0.05) is 23.2 Å². The molecule has 4 rings (SSSR count). The molecule has 4 aromatic rings. The minimum atomic E-state index is -4.73. The molecule has 36 heavy (non-hydrogen) atoms. The summed E-state index contributed by atoms with van der Waals surface area (Å²) < 4.78 is 79.2. The molecule has 0 amide bonds. The topological polar surface area (TPSA) is 47.0 Å². The molecular weight excluding hydrogens is 524 g/mol. The maximum absolute atomic E-state index is 12.8. The van der Waals surface area contributed by atoms with E-state index in [2.05, 4.69) is 20.0 Å². The van der Waals surface area contributed by atoms with Crippen molar-refractivity contribution in [1.82, 2.24) is 9.97 Å². The maximum Gasteiger partial charge on any atom is 0.573 e. The molecule has 2 heterocycles. The minimum absolute atomic E-state index is 0.280. The van der Waals surface area contributed by atoms with Crippen molar-refractivity contribution < 1.29 is 31.1 Å². The molecular formula is C24H19F6N3OS2. The molecule has 0 atom stereocenters. The summed E-state index contributed by atoms with van der Waals surface area (Å²) in [6, 6.07) is 15.1. The van der Waals surface area contributed by atoms with Crippen molar-refractivity contribution in [3.63, 3.8) is 0 Å². The van der Waals surface area contributed by atoms with Crippen molar-refractivity contribution >= 4 is 39.1 Å². The van der Waals surface area contributed by atoms with E-state index >= 15 is 0 Å². The Morgan fingerprint density at radius 2 is 1.56 bits per heavy atom. The van der Waals surface area contributed by atoms with Gasteiger partial charge in [0.2, 0.25) is 0 Å². The van der Waals surface area contributed by atoms with Crippen molar-refractivity contribution in [3.8, 4) is 16.9 Å². The fourth-order valence-corrected chi connectivity index (χ4v) is 4.94. The van der Waals surface area contributed by atoms with E-state index < -0.39 is 11.9 Å². The molecule has 0 aliphatic carbocycles. The van der Waals surface area contributed by atoms with Gasteiger partial charge in [-0.3, -0.25) is 0 Å². The predicted molar refractivity (Wildman–Crippen MR) is 129 cm³/mol. The Bertz CT molecular complexity index is 1320. The van der Waals surface area contributed by atoms with Crippen LogP contribution >= 0.6 is 23.1 Å². The zero-order valence-electron chi connectivity index (χ0n) is 18.7. The highest BCUT2D eigenvalue weighted by Gasteiger charge is 2.32. The number of nitrogens with zero attached hydrogens (tertiary/aromatic N) is 2. The lowest BCUT2D eigenvalue weighted by Crippen LogP contribution is -2.16. The first-order valence-corrected chi connectivity index (χ1v) is 12.3. The molecule has 0 aliphatic heterocycles. The Kier molecular flexibility index (Phi) is 7.65. The molecule has 2 aromatic carbocycles. The van der Waals surface area contributed by atoms with Gasteiger partial charge in [-0.15, -0.1) is 24.5 Å². The number of hydrogen-bond acceptors (Lipinski definition) is 6. The first kappa shape index (κ1) is 26.1. The number of fused-ring (bicyclic) bond motifs is 1. The summed E-state index contributed by atoms with van der Waals surface area (Å²) in [7, 11) is 0. The lowest BCUT2D eigenvalue weighted by molar-refractivity contribution is -0.274. The monoisotopic (exact) mass is 543 g/mol. The smallest absolute Gasteiger partial charge is 0.406 e. The summed E-state index contributed by atoms with van der Waals surface area (Å²) in [5.41, 5.74) is -1.82. The minimum Gasteiger partial charge on any atom is -0.406 e. The molecule has 0 bridgehead atoms. The Morgan fingerprint density at radius 1 is 0.917 bits per heavy atom. The van der Waals surface area contributed by atoms with Crippen LogP contribution in [0.4, 0.5) is 32.2 Å². The second kappa shape index (κ2) is 10.6. The van der Waals surface area contributed by atoms with Gasteiger partial charge < -0.3 is 10.1 Å². The Labute approximate surface area is 210 Å². The van der Waals surface area contributed by atoms with Gasteiger partial charge in [0.05, 0.1) is 5.39 Å². The molecule has 2 aromatic heterocycles. The number of halogens is 6. The third-order valence-corrected chi connectivity index (χ3v) is 6.55. The van der Waals surface area contributed by atoms with Gasteiger partial charge in [-0.1, -0.05) is 36.4 Å². The van der Waals surface area contributed by atoms with Gasteiger partial charge in [-0.2, -0.15) is 13.2 Å². The van der Waals surface area contributed by atoms with Gasteiger partial charge in [-0.25, -0.2) is 9.97 Å². The maximum atomic E-state index is 12.8. The van der Waals surface area contributed by atoms with E-state index in [9.17, 15) is 26.3 Å². The summed E-state index contributed by atoms with van der Waals surface area (Å²) in [5.74, 6) is 0.0995. The van der Waals surface area contributed by atoms with Crippen LogP contribution in [0.2, 0.25) is 0 Å². The first-order chi connectivity index (χ1) is 16.9. The molecule has 0 radical (unpaired) electrons. The van der Waals surface area contributed by atoms with E-state index in [4.69, 9.17) is 0 Å². The van der Waals surface area contributed by atoms with Crippen LogP contribution in [0.5, 0.6) is 5.75 Å². The quantitative estimate of drug-likeness (QED) is 0.105. The number of aryl methyl sites for hydroxylation is 2. The fraction of sp³-hybridized carbons (Fsp3) is 0.250. The highest BCUT2D eigenvalue weighted by atomic mass is 32.2. The number of aromatic nitrogens is 2. The number of anilines is 1. The van der Waals surface area contributed by atoms with E-state index in [0.29, 0.717) is 35.4 Å². The normalized spacial score (nSPS) is 12.2. The van der Waals surface area contributed by atoms with Crippen molar-refractivity contribution in [3.05, 3.63) is 65.0 Å². The number of nitrogens with one attached hydrogen (secondary N) is 1. The average molecular weight is 544 g/mol. The van der Waals surface area contributed by atoms with E-state index in [1.165, 1.54) is 23.5 Å². The van der Waals surface area contributed by atoms with Crippen LogP contribution in [-0.2, 0) is 6.42 Å². The molecule has 0 unspecified atom stereocenters. The van der Waals surface area contributed by atoms with E-state index in [1.54, 1.807) is 12.1 Å². The van der Waals surface area contributed by atoms with E-state index in [1.807, 2.05) is 37.3 Å². The van der Waals surface area contributed by atoms with Crippen LogP contribution in [0.25, 0.3) is 21.3 Å². The highest BCUT2D eigenvalue weighted by Crippen LogP contribution is 2.38. The summed E-state index contributed by atoms with van der Waals surface area (Å²) in [4.78, 5) is 9.53. The summed E-state index contributed by atoms with van der Waals surface area (Å²) in [6.07, 6.45) is -3.31. The highest BCUT2D eigenvalue weighted by molar-refractivity contribution is 8.00. The zero-order valence-corrected chi connectivity index (χ0v) is 20.3. The third kappa shape index (κ3) is 7.26. The van der Waals surface area contributed by atoms with Gasteiger partial charge >= 0.3 is 11.9 Å². The largest absolute Gasteiger partial charge is 0.573 e. The molecule has 0 spiro atoms. The number of thiophene rings is 1. The van der Waals surface area contributed by atoms with Crippen LogP contribution in [0.15, 0.2) is 59.8 Å². The lowest BCUT2D eigenvalue weighted by atomic mass is 10.0. The third-order valence-electron chi connectivity index (χ3n) is 5.01. The number of ether oxygens (including phenoxy) is 1.